The van der Waals surface area contributed by atoms with Crippen LogP contribution in [0.5, 0.6) is 0 Å². The Morgan fingerprint density at radius 2 is 1.71 bits per heavy atom. The van der Waals surface area contributed by atoms with Gasteiger partial charge in [-0.05, 0) is 25.0 Å². The van der Waals surface area contributed by atoms with Crippen LogP contribution < -0.4 is 0 Å². The second-order valence-corrected chi connectivity index (χ2v) is 7.66. The topological polar surface area (TPSA) is 93.4 Å². The van der Waals surface area contributed by atoms with Gasteiger partial charge in [0.15, 0.2) is 0 Å². The van der Waals surface area contributed by atoms with Crippen LogP contribution >= 0.6 is 0 Å². The Bertz CT molecular complexity index is 794. The van der Waals surface area contributed by atoms with Gasteiger partial charge >= 0.3 is 5.22 Å². The zero-order valence-electron chi connectivity index (χ0n) is 13.2. The Kier molecular flexibility index (Phi) is 4.94. The van der Waals surface area contributed by atoms with E-state index >= 15 is 0 Å². The van der Waals surface area contributed by atoms with Crippen LogP contribution in [0.1, 0.15) is 25.7 Å². The van der Waals surface area contributed by atoms with E-state index in [1.165, 1.54) is 0 Å². The summed E-state index contributed by atoms with van der Waals surface area (Å²) in [5.41, 5.74) is 0.630. The molecule has 0 bridgehead atoms. The van der Waals surface area contributed by atoms with Crippen LogP contribution in [0.3, 0.4) is 0 Å². The van der Waals surface area contributed by atoms with E-state index in [1.54, 1.807) is 29.2 Å². The molecule has 0 atom stereocenters. The van der Waals surface area contributed by atoms with Crippen molar-refractivity contribution >= 4 is 15.7 Å². The van der Waals surface area contributed by atoms with Gasteiger partial charge in [0.2, 0.25) is 21.6 Å². The zero-order valence-corrected chi connectivity index (χ0v) is 14.0. The van der Waals surface area contributed by atoms with Gasteiger partial charge in [-0.25, -0.2) is 8.42 Å². The third-order valence-corrected chi connectivity index (χ3v) is 5.29. The van der Waals surface area contributed by atoms with Crippen LogP contribution in [-0.2, 0) is 14.6 Å². The highest BCUT2D eigenvalue weighted by Crippen LogP contribution is 2.20. The molecule has 8 heteroatoms. The molecule has 1 saturated heterocycles. The molecule has 0 unspecified atom stereocenters. The van der Waals surface area contributed by atoms with E-state index in [0.29, 0.717) is 18.7 Å². The molecule has 1 amide bonds. The minimum absolute atomic E-state index is 0.122. The number of carbonyl (C=O) groups is 1. The summed E-state index contributed by atoms with van der Waals surface area (Å²) in [5.74, 6) is -0.920. The molecule has 3 rings (SSSR count). The Morgan fingerprint density at radius 1 is 1.04 bits per heavy atom. The lowest BCUT2D eigenvalue weighted by molar-refractivity contribution is -0.128. The number of carbonyl (C=O) groups excluding carboxylic acids is 1. The number of benzene rings is 1. The van der Waals surface area contributed by atoms with Crippen LogP contribution in [0.15, 0.2) is 40.0 Å². The van der Waals surface area contributed by atoms with Crippen molar-refractivity contribution in [1.82, 2.24) is 15.1 Å². The van der Waals surface area contributed by atoms with Crippen LogP contribution in [0.25, 0.3) is 11.5 Å². The molecule has 2 aromatic rings. The Morgan fingerprint density at radius 3 is 2.38 bits per heavy atom. The quantitative estimate of drug-likeness (QED) is 0.837. The second kappa shape index (κ2) is 7.12. The first kappa shape index (κ1) is 16.6. The van der Waals surface area contributed by atoms with Crippen molar-refractivity contribution in [2.75, 3.05) is 18.8 Å². The predicted octanol–water partition coefficient (Wildman–Crippen LogP) is 1.91. The van der Waals surface area contributed by atoms with E-state index in [0.717, 1.165) is 25.7 Å². The summed E-state index contributed by atoms with van der Waals surface area (Å²) < 4.78 is 30.0. The summed E-state index contributed by atoms with van der Waals surface area (Å²) in [6, 6.07) is 8.89. The van der Waals surface area contributed by atoms with E-state index in [4.69, 9.17) is 4.42 Å². The number of hydrogen-bond acceptors (Lipinski definition) is 6. The average Bonchev–Trinajstić information content (AvgIpc) is 2.92. The van der Waals surface area contributed by atoms with E-state index in [-0.39, 0.29) is 5.89 Å². The maximum absolute atomic E-state index is 12.4. The summed E-state index contributed by atoms with van der Waals surface area (Å²) in [6.45, 7) is 1.21. The molecule has 0 aliphatic carbocycles. The van der Waals surface area contributed by atoms with E-state index in [1.807, 2.05) is 6.07 Å². The van der Waals surface area contributed by atoms with Gasteiger partial charge in [-0.15, -0.1) is 5.10 Å². The van der Waals surface area contributed by atoms with Crippen molar-refractivity contribution in [3.63, 3.8) is 0 Å². The molecule has 7 nitrogen and oxygen atoms in total. The first-order valence-corrected chi connectivity index (χ1v) is 9.61. The maximum Gasteiger partial charge on any atom is 0.336 e. The van der Waals surface area contributed by atoms with Gasteiger partial charge in [0, 0.05) is 18.7 Å². The largest absolute Gasteiger partial charge is 0.408 e. The highest BCUT2D eigenvalue weighted by Gasteiger charge is 2.29. The molecule has 0 radical (unpaired) electrons. The molecule has 2 heterocycles. The minimum Gasteiger partial charge on any atom is -0.408 e. The second-order valence-electron chi connectivity index (χ2n) is 5.79. The fraction of sp³-hybridized carbons (Fsp3) is 0.438. The molecule has 128 valence electrons. The maximum atomic E-state index is 12.4. The number of nitrogens with zero attached hydrogens (tertiary/aromatic N) is 3. The van der Waals surface area contributed by atoms with Crippen molar-refractivity contribution in [3.8, 4) is 11.5 Å². The number of hydrogen-bond donors (Lipinski definition) is 0. The highest BCUT2D eigenvalue weighted by molar-refractivity contribution is 7.91. The Balaban J connectivity index is 1.73. The van der Waals surface area contributed by atoms with Crippen LogP contribution in [0.4, 0.5) is 0 Å². The Labute approximate surface area is 140 Å². The van der Waals surface area contributed by atoms with Gasteiger partial charge < -0.3 is 9.32 Å². The molecule has 1 aromatic heterocycles. The molecule has 1 fully saturated rings. The lowest BCUT2D eigenvalue weighted by Gasteiger charge is -2.19. The van der Waals surface area contributed by atoms with Crippen LogP contribution in [0, 0.1) is 0 Å². The van der Waals surface area contributed by atoms with Crippen molar-refractivity contribution in [2.24, 2.45) is 0 Å². The standard InChI is InChI=1S/C16H19N3O4S/c20-14(19-10-6-1-2-7-11-19)12-24(21,22)16-18-17-15(23-16)13-8-4-3-5-9-13/h3-5,8-9H,1-2,6-7,10-12H2. The molecule has 1 aromatic carbocycles. The summed E-state index contributed by atoms with van der Waals surface area (Å²) in [4.78, 5) is 13.9. The van der Waals surface area contributed by atoms with E-state index in [2.05, 4.69) is 10.2 Å². The van der Waals surface area contributed by atoms with Crippen molar-refractivity contribution in [2.45, 2.75) is 30.9 Å². The monoisotopic (exact) mass is 349 g/mol. The fourth-order valence-corrected chi connectivity index (χ4v) is 3.67. The summed E-state index contributed by atoms with van der Waals surface area (Å²) in [6.07, 6.45) is 3.95. The fourth-order valence-electron chi connectivity index (χ4n) is 2.67. The van der Waals surface area contributed by atoms with Gasteiger partial charge in [0.1, 0.15) is 5.75 Å². The van der Waals surface area contributed by atoms with Crippen LogP contribution in [-0.4, -0.2) is 48.3 Å². The predicted molar refractivity (Wildman–Crippen MR) is 86.8 cm³/mol. The molecular formula is C16H19N3O4S. The van der Waals surface area contributed by atoms with Gasteiger partial charge in [0.05, 0.1) is 0 Å². The summed E-state index contributed by atoms with van der Waals surface area (Å²) in [7, 11) is -3.94. The molecule has 0 spiro atoms. The lowest BCUT2D eigenvalue weighted by atomic mass is 10.2. The number of amides is 1. The normalized spacial score (nSPS) is 15.9. The van der Waals surface area contributed by atoms with Gasteiger partial charge in [0.25, 0.3) is 0 Å². The minimum atomic E-state index is -3.94. The third kappa shape index (κ3) is 3.81. The molecule has 0 saturated carbocycles. The van der Waals surface area contributed by atoms with E-state index < -0.39 is 26.7 Å². The Hall–Kier alpha value is -2.22. The van der Waals surface area contributed by atoms with Gasteiger partial charge in [-0.1, -0.05) is 36.1 Å². The average molecular weight is 349 g/mol. The molecule has 1 aliphatic rings. The lowest BCUT2D eigenvalue weighted by Crippen LogP contribution is -2.36. The van der Waals surface area contributed by atoms with Crippen LogP contribution in [0.2, 0.25) is 0 Å². The number of aromatic nitrogens is 2. The van der Waals surface area contributed by atoms with Crippen molar-refractivity contribution in [3.05, 3.63) is 30.3 Å². The number of likely N-dealkylation sites (tertiary alicyclic amines) is 1. The zero-order chi connectivity index (χ0) is 17.0. The van der Waals surface area contributed by atoms with Crippen molar-refractivity contribution < 1.29 is 17.6 Å². The summed E-state index contributed by atoms with van der Waals surface area (Å²) >= 11 is 0. The molecule has 0 N–H and O–H groups in total. The van der Waals surface area contributed by atoms with Crippen molar-refractivity contribution in [1.29, 1.82) is 0 Å². The van der Waals surface area contributed by atoms with Gasteiger partial charge in [-0.3, -0.25) is 4.79 Å². The first-order valence-electron chi connectivity index (χ1n) is 7.96. The van der Waals surface area contributed by atoms with E-state index in [9.17, 15) is 13.2 Å². The third-order valence-electron chi connectivity index (χ3n) is 3.97. The smallest absolute Gasteiger partial charge is 0.336 e. The summed E-state index contributed by atoms with van der Waals surface area (Å²) in [5, 5.41) is 6.86. The molecule has 24 heavy (non-hydrogen) atoms. The van der Waals surface area contributed by atoms with Gasteiger partial charge in [-0.2, -0.15) is 0 Å². The number of sulfone groups is 1. The first-order chi connectivity index (χ1) is 11.6. The number of rotatable bonds is 4. The molecular weight excluding hydrogens is 330 g/mol. The SMILES string of the molecule is O=C(CS(=O)(=O)c1nnc(-c2ccccc2)o1)N1CCCCCC1. The molecule has 1 aliphatic heterocycles. The highest BCUT2D eigenvalue weighted by atomic mass is 32.2.